The Morgan fingerprint density at radius 3 is 1.50 bits per heavy atom. The molecule has 2 aromatic rings. The number of halogens is 2. The molecule has 0 aromatic carbocycles. The van der Waals surface area contributed by atoms with E-state index in [-0.39, 0.29) is 0 Å². The standard InChI is InChI=1S/C14H12Br2N4O2/c1-7-9(15)3-5-11(17-7)19-13(21)14(22)20-12-6-4-10(16)8(2)18-12/h3-6H,1-2H3,(H,17,19,21)(H,18,20,22). The third-order valence-corrected chi connectivity index (χ3v) is 4.41. The van der Waals surface area contributed by atoms with Crippen molar-refractivity contribution in [3.05, 3.63) is 44.6 Å². The third kappa shape index (κ3) is 4.11. The van der Waals surface area contributed by atoms with Gasteiger partial charge in [0.2, 0.25) is 0 Å². The van der Waals surface area contributed by atoms with Gasteiger partial charge in [0, 0.05) is 8.95 Å². The second-order valence-corrected chi connectivity index (χ2v) is 6.14. The fourth-order valence-electron chi connectivity index (χ4n) is 1.57. The second kappa shape index (κ2) is 6.97. The number of nitrogens with one attached hydrogen (secondary N) is 2. The number of amides is 2. The lowest BCUT2D eigenvalue weighted by atomic mass is 10.3. The maximum absolute atomic E-state index is 11.9. The average Bonchev–Trinajstić information content (AvgIpc) is 2.46. The summed E-state index contributed by atoms with van der Waals surface area (Å²) < 4.78 is 1.65. The quantitative estimate of drug-likeness (QED) is 0.720. The number of rotatable bonds is 2. The fraction of sp³-hybridized carbons (Fsp3) is 0.143. The molecular weight excluding hydrogens is 416 g/mol. The number of nitrogens with zero attached hydrogens (tertiary/aromatic N) is 2. The number of hydrogen-bond acceptors (Lipinski definition) is 4. The van der Waals surface area contributed by atoms with Crippen molar-refractivity contribution in [3.63, 3.8) is 0 Å². The average molecular weight is 428 g/mol. The number of pyridine rings is 2. The number of carbonyl (C=O) groups excluding carboxylic acids is 2. The minimum Gasteiger partial charge on any atom is -0.302 e. The van der Waals surface area contributed by atoms with Gasteiger partial charge in [0.25, 0.3) is 0 Å². The van der Waals surface area contributed by atoms with Gasteiger partial charge in [-0.25, -0.2) is 9.97 Å². The Bertz CT molecular complexity index is 686. The van der Waals surface area contributed by atoms with Crippen LogP contribution in [0.4, 0.5) is 11.6 Å². The van der Waals surface area contributed by atoms with Gasteiger partial charge >= 0.3 is 11.8 Å². The van der Waals surface area contributed by atoms with E-state index < -0.39 is 11.8 Å². The van der Waals surface area contributed by atoms with Crippen LogP contribution in [0.1, 0.15) is 11.4 Å². The molecule has 2 N–H and O–H groups in total. The molecule has 0 atom stereocenters. The van der Waals surface area contributed by atoms with Crippen molar-refractivity contribution in [2.75, 3.05) is 10.6 Å². The summed E-state index contributed by atoms with van der Waals surface area (Å²) in [4.78, 5) is 32.0. The van der Waals surface area contributed by atoms with Crippen LogP contribution in [-0.4, -0.2) is 21.8 Å². The highest BCUT2D eigenvalue weighted by Gasteiger charge is 2.15. The highest BCUT2D eigenvalue weighted by atomic mass is 79.9. The minimum absolute atomic E-state index is 0.306. The van der Waals surface area contributed by atoms with Crippen LogP contribution >= 0.6 is 31.9 Å². The first-order chi connectivity index (χ1) is 10.4. The highest BCUT2D eigenvalue weighted by molar-refractivity contribution is 9.10. The molecule has 0 aliphatic rings. The Balaban J connectivity index is 2.04. The van der Waals surface area contributed by atoms with Crippen molar-refractivity contribution >= 4 is 55.3 Å². The summed E-state index contributed by atoms with van der Waals surface area (Å²) in [6.07, 6.45) is 0. The molecule has 0 spiro atoms. The number of carbonyl (C=O) groups is 2. The van der Waals surface area contributed by atoms with Gasteiger partial charge in [-0.15, -0.1) is 0 Å². The molecular formula is C14H12Br2N4O2. The van der Waals surface area contributed by atoms with Crippen molar-refractivity contribution < 1.29 is 9.59 Å². The molecule has 2 amide bonds. The first-order valence-electron chi connectivity index (χ1n) is 6.25. The minimum atomic E-state index is -0.809. The lowest BCUT2D eigenvalue weighted by Crippen LogP contribution is -2.29. The van der Waals surface area contributed by atoms with Crippen LogP contribution in [0.2, 0.25) is 0 Å². The predicted molar refractivity (Wildman–Crippen MR) is 90.6 cm³/mol. The topological polar surface area (TPSA) is 84.0 Å². The van der Waals surface area contributed by atoms with Crippen LogP contribution in [0.3, 0.4) is 0 Å². The van der Waals surface area contributed by atoms with Crippen LogP contribution in [-0.2, 0) is 9.59 Å². The van der Waals surface area contributed by atoms with Crippen molar-refractivity contribution in [2.45, 2.75) is 13.8 Å². The summed E-state index contributed by atoms with van der Waals surface area (Å²) in [5.74, 6) is -1.00. The van der Waals surface area contributed by atoms with Gasteiger partial charge in [0.15, 0.2) is 0 Å². The molecule has 0 unspecified atom stereocenters. The summed E-state index contributed by atoms with van der Waals surface area (Å²) in [6.45, 7) is 3.57. The monoisotopic (exact) mass is 426 g/mol. The molecule has 2 rings (SSSR count). The summed E-state index contributed by atoms with van der Waals surface area (Å²) in [6, 6.07) is 6.69. The molecule has 2 aromatic heterocycles. The number of aromatic nitrogens is 2. The first-order valence-corrected chi connectivity index (χ1v) is 7.84. The molecule has 0 aliphatic heterocycles. The van der Waals surface area contributed by atoms with Gasteiger partial charge in [-0.3, -0.25) is 9.59 Å². The van der Waals surface area contributed by atoms with Crippen molar-refractivity contribution in [2.24, 2.45) is 0 Å². The van der Waals surface area contributed by atoms with Gasteiger partial charge in [-0.1, -0.05) is 0 Å². The molecule has 0 aliphatic carbocycles. The molecule has 22 heavy (non-hydrogen) atoms. The molecule has 0 saturated heterocycles. The summed E-state index contributed by atoms with van der Waals surface area (Å²) >= 11 is 6.63. The Morgan fingerprint density at radius 1 is 0.818 bits per heavy atom. The van der Waals surface area contributed by atoms with E-state index in [1.165, 1.54) is 0 Å². The molecule has 2 heterocycles. The highest BCUT2D eigenvalue weighted by Crippen LogP contribution is 2.17. The van der Waals surface area contributed by atoms with Gasteiger partial charge in [0.1, 0.15) is 11.6 Å². The van der Waals surface area contributed by atoms with Crippen molar-refractivity contribution in [1.82, 2.24) is 9.97 Å². The van der Waals surface area contributed by atoms with Gasteiger partial charge < -0.3 is 10.6 Å². The van der Waals surface area contributed by atoms with Gasteiger partial charge in [0.05, 0.1) is 11.4 Å². The Hall–Kier alpha value is -1.80. The molecule has 0 bridgehead atoms. The lowest BCUT2D eigenvalue weighted by Gasteiger charge is -2.07. The Labute approximate surface area is 144 Å². The van der Waals surface area contributed by atoms with Crippen molar-refractivity contribution in [1.29, 1.82) is 0 Å². The normalized spacial score (nSPS) is 10.2. The van der Waals surface area contributed by atoms with Gasteiger partial charge in [-0.2, -0.15) is 0 Å². The van der Waals surface area contributed by atoms with E-state index >= 15 is 0 Å². The maximum Gasteiger partial charge on any atom is 0.315 e. The van der Waals surface area contributed by atoms with E-state index in [9.17, 15) is 9.59 Å². The van der Waals surface area contributed by atoms with Crippen LogP contribution in [0.25, 0.3) is 0 Å². The predicted octanol–water partition coefficient (Wildman–Crippen LogP) is 3.20. The zero-order valence-corrected chi connectivity index (χ0v) is 14.9. The maximum atomic E-state index is 11.9. The first kappa shape index (κ1) is 16.6. The Kier molecular flexibility index (Phi) is 5.25. The van der Waals surface area contributed by atoms with E-state index in [4.69, 9.17) is 0 Å². The van der Waals surface area contributed by atoms with Crippen LogP contribution in [0.15, 0.2) is 33.2 Å². The lowest BCUT2D eigenvalue weighted by molar-refractivity contribution is -0.133. The summed E-state index contributed by atoms with van der Waals surface area (Å²) in [7, 11) is 0. The number of hydrogen-bond donors (Lipinski definition) is 2. The molecule has 0 radical (unpaired) electrons. The van der Waals surface area contributed by atoms with Crippen LogP contribution in [0.5, 0.6) is 0 Å². The van der Waals surface area contributed by atoms with E-state index in [1.54, 1.807) is 38.1 Å². The summed E-state index contributed by atoms with van der Waals surface area (Å²) in [5, 5.41) is 4.87. The van der Waals surface area contributed by atoms with Crippen LogP contribution < -0.4 is 10.6 Å². The molecule has 0 fully saturated rings. The molecule has 0 saturated carbocycles. The molecule has 114 valence electrons. The SMILES string of the molecule is Cc1nc(NC(=O)C(=O)Nc2ccc(Br)c(C)n2)ccc1Br. The summed E-state index contributed by atoms with van der Waals surface area (Å²) in [5.41, 5.74) is 1.42. The Morgan fingerprint density at radius 2 is 1.18 bits per heavy atom. The zero-order chi connectivity index (χ0) is 16.3. The van der Waals surface area contributed by atoms with Crippen molar-refractivity contribution in [3.8, 4) is 0 Å². The zero-order valence-electron chi connectivity index (χ0n) is 11.8. The largest absolute Gasteiger partial charge is 0.315 e. The second-order valence-electron chi connectivity index (χ2n) is 4.44. The fourth-order valence-corrected chi connectivity index (χ4v) is 2.02. The van der Waals surface area contributed by atoms with Crippen LogP contribution in [0, 0.1) is 13.8 Å². The third-order valence-electron chi connectivity index (χ3n) is 2.73. The van der Waals surface area contributed by atoms with E-state index in [2.05, 4.69) is 52.5 Å². The van der Waals surface area contributed by atoms with Gasteiger partial charge in [-0.05, 0) is 70.0 Å². The van der Waals surface area contributed by atoms with E-state index in [0.717, 1.165) is 8.95 Å². The molecule has 8 heteroatoms. The van der Waals surface area contributed by atoms with E-state index in [0.29, 0.717) is 23.0 Å². The smallest absolute Gasteiger partial charge is 0.302 e. The number of aryl methyl sites for hydroxylation is 2. The van der Waals surface area contributed by atoms with E-state index in [1.807, 2.05) is 0 Å². The molecule has 6 nitrogen and oxygen atoms in total. The number of anilines is 2.